The van der Waals surface area contributed by atoms with Gasteiger partial charge in [-0.1, -0.05) is 26.2 Å². The summed E-state index contributed by atoms with van der Waals surface area (Å²) in [4.78, 5) is 0. The molecular formula is C12H22O3. The summed E-state index contributed by atoms with van der Waals surface area (Å²) in [5, 5.41) is 9.91. The molecule has 2 rings (SSSR count). The highest BCUT2D eigenvalue weighted by Gasteiger charge is 2.44. The Kier molecular flexibility index (Phi) is 3.65. The van der Waals surface area contributed by atoms with Crippen LogP contribution in [0.1, 0.15) is 39.0 Å². The van der Waals surface area contributed by atoms with Gasteiger partial charge in [-0.2, -0.15) is 0 Å². The number of hydrogen-bond acceptors (Lipinski definition) is 3. The van der Waals surface area contributed by atoms with Crippen molar-refractivity contribution in [2.24, 2.45) is 11.8 Å². The second-order valence-corrected chi connectivity index (χ2v) is 4.95. The molecule has 3 nitrogen and oxygen atoms in total. The molecule has 0 aromatic carbocycles. The van der Waals surface area contributed by atoms with E-state index in [9.17, 15) is 5.11 Å². The highest BCUT2D eigenvalue weighted by Crippen LogP contribution is 2.38. The summed E-state index contributed by atoms with van der Waals surface area (Å²) >= 11 is 0. The molecule has 0 aromatic rings. The number of ether oxygens (including phenoxy) is 2. The molecule has 3 heteroatoms. The average molecular weight is 214 g/mol. The third-order valence-electron chi connectivity index (χ3n) is 3.97. The topological polar surface area (TPSA) is 38.7 Å². The van der Waals surface area contributed by atoms with E-state index in [4.69, 9.17) is 9.47 Å². The van der Waals surface area contributed by atoms with Crippen LogP contribution in [0.5, 0.6) is 0 Å². The monoisotopic (exact) mass is 214 g/mol. The van der Waals surface area contributed by atoms with Crippen molar-refractivity contribution in [3.63, 3.8) is 0 Å². The third-order valence-corrected chi connectivity index (χ3v) is 3.97. The van der Waals surface area contributed by atoms with Crippen molar-refractivity contribution in [2.45, 2.75) is 57.5 Å². The number of aliphatic hydroxyl groups is 1. The molecule has 2 aliphatic rings. The normalized spacial score (nSPS) is 43.4. The van der Waals surface area contributed by atoms with Gasteiger partial charge in [-0.05, 0) is 18.8 Å². The summed E-state index contributed by atoms with van der Waals surface area (Å²) < 4.78 is 10.9. The highest BCUT2D eigenvalue weighted by atomic mass is 16.7. The van der Waals surface area contributed by atoms with Crippen LogP contribution >= 0.6 is 0 Å². The Morgan fingerprint density at radius 1 is 1.20 bits per heavy atom. The van der Waals surface area contributed by atoms with E-state index >= 15 is 0 Å². The smallest absolute Gasteiger partial charge is 0.183 e. The number of rotatable bonds is 2. The van der Waals surface area contributed by atoms with Gasteiger partial charge >= 0.3 is 0 Å². The van der Waals surface area contributed by atoms with Gasteiger partial charge in [-0.3, -0.25) is 0 Å². The Labute approximate surface area is 91.8 Å². The van der Waals surface area contributed by atoms with Crippen molar-refractivity contribution in [1.29, 1.82) is 0 Å². The largest absolute Gasteiger partial charge is 0.387 e. The van der Waals surface area contributed by atoms with E-state index in [1.165, 1.54) is 32.1 Å². The van der Waals surface area contributed by atoms with Crippen LogP contribution in [0.3, 0.4) is 0 Å². The van der Waals surface area contributed by atoms with Gasteiger partial charge < -0.3 is 14.6 Å². The molecule has 2 fully saturated rings. The molecule has 1 N–H and O–H groups in total. The Morgan fingerprint density at radius 3 is 2.40 bits per heavy atom. The predicted octanol–water partition coefficient (Wildman–Crippen LogP) is 1.94. The fourth-order valence-corrected chi connectivity index (χ4v) is 3.00. The van der Waals surface area contributed by atoms with Gasteiger partial charge in [0.15, 0.2) is 6.29 Å². The fourth-order valence-electron chi connectivity index (χ4n) is 3.00. The lowest BCUT2D eigenvalue weighted by molar-refractivity contribution is -0.157. The molecule has 1 saturated carbocycles. The van der Waals surface area contributed by atoms with Gasteiger partial charge in [0.1, 0.15) is 6.10 Å². The molecule has 15 heavy (non-hydrogen) atoms. The Bertz CT molecular complexity index is 201. The zero-order valence-electron chi connectivity index (χ0n) is 9.69. The maximum atomic E-state index is 9.91. The van der Waals surface area contributed by atoms with Gasteiger partial charge in [0.25, 0.3) is 0 Å². The highest BCUT2D eigenvalue weighted by molar-refractivity contribution is 4.89. The zero-order chi connectivity index (χ0) is 10.8. The second-order valence-electron chi connectivity index (χ2n) is 4.95. The van der Waals surface area contributed by atoms with Crippen molar-refractivity contribution >= 4 is 0 Å². The van der Waals surface area contributed by atoms with Crippen molar-refractivity contribution < 1.29 is 14.6 Å². The van der Waals surface area contributed by atoms with Crippen LogP contribution in [0.25, 0.3) is 0 Å². The first-order chi connectivity index (χ1) is 7.24. The predicted molar refractivity (Wildman–Crippen MR) is 57.4 cm³/mol. The van der Waals surface area contributed by atoms with Gasteiger partial charge in [0, 0.05) is 13.0 Å². The van der Waals surface area contributed by atoms with Crippen LogP contribution in [0.2, 0.25) is 0 Å². The first-order valence-corrected chi connectivity index (χ1v) is 6.10. The van der Waals surface area contributed by atoms with Gasteiger partial charge in [0.2, 0.25) is 0 Å². The van der Waals surface area contributed by atoms with Gasteiger partial charge in [-0.15, -0.1) is 0 Å². The first kappa shape index (κ1) is 11.4. The Morgan fingerprint density at radius 2 is 1.87 bits per heavy atom. The summed E-state index contributed by atoms with van der Waals surface area (Å²) in [5.41, 5.74) is 0. The van der Waals surface area contributed by atoms with Gasteiger partial charge in [-0.25, -0.2) is 0 Å². The third kappa shape index (κ3) is 2.19. The lowest BCUT2D eigenvalue weighted by Gasteiger charge is -2.29. The molecule has 1 aliphatic carbocycles. The molecule has 0 unspecified atom stereocenters. The minimum atomic E-state index is -0.457. The molecule has 1 heterocycles. The van der Waals surface area contributed by atoms with Crippen LogP contribution in [0, 0.1) is 11.8 Å². The number of methoxy groups -OCH3 is 1. The Balaban J connectivity index is 1.97. The van der Waals surface area contributed by atoms with Crippen LogP contribution in [0.4, 0.5) is 0 Å². The van der Waals surface area contributed by atoms with Crippen LogP contribution in [-0.2, 0) is 9.47 Å². The Hall–Kier alpha value is -0.120. The van der Waals surface area contributed by atoms with Crippen molar-refractivity contribution in [3.8, 4) is 0 Å². The summed E-state index contributed by atoms with van der Waals surface area (Å²) in [6, 6.07) is 0. The maximum Gasteiger partial charge on any atom is 0.183 e. The van der Waals surface area contributed by atoms with Crippen molar-refractivity contribution in [1.82, 2.24) is 0 Å². The van der Waals surface area contributed by atoms with Crippen LogP contribution in [0.15, 0.2) is 0 Å². The molecule has 0 radical (unpaired) electrons. The standard InChI is InChI=1S/C12H22O3/c1-8-10(13)12(14-2)15-11(8)9-6-4-3-5-7-9/h8-13H,3-7H2,1-2H3/t8-,10+,11-,12+/m0/s1. The average Bonchev–Trinajstić information content (AvgIpc) is 2.57. The zero-order valence-corrected chi connectivity index (χ0v) is 9.69. The van der Waals surface area contributed by atoms with E-state index < -0.39 is 12.4 Å². The molecule has 1 aliphatic heterocycles. The molecule has 0 spiro atoms. The summed E-state index contributed by atoms with van der Waals surface area (Å²) in [6.45, 7) is 2.07. The van der Waals surface area contributed by atoms with Crippen LogP contribution in [-0.4, -0.2) is 30.7 Å². The maximum absolute atomic E-state index is 9.91. The summed E-state index contributed by atoms with van der Waals surface area (Å²) in [5.74, 6) is 0.835. The van der Waals surface area contributed by atoms with Crippen molar-refractivity contribution in [2.75, 3.05) is 7.11 Å². The SMILES string of the molecule is CO[C@@H]1O[C@H](C2CCCCC2)[C@@H](C)[C@H]1O. The molecule has 0 amide bonds. The minimum absolute atomic E-state index is 0.199. The van der Waals surface area contributed by atoms with E-state index in [1.807, 2.05) is 0 Å². The van der Waals surface area contributed by atoms with E-state index in [0.29, 0.717) is 5.92 Å². The quantitative estimate of drug-likeness (QED) is 0.763. The molecule has 0 aromatic heterocycles. The fraction of sp³-hybridized carbons (Fsp3) is 1.00. The van der Waals surface area contributed by atoms with E-state index in [2.05, 4.69) is 6.92 Å². The lowest BCUT2D eigenvalue weighted by atomic mass is 9.80. The molecular weight excluding hydrogens is 192 g/mol. The molecule has 0 bridgehead atoms. The second kappa shape index (κ2) is 4.81. The van der Waals surface area contributed by atoms with E-state index in [1.54, 1.807) is 7.11 Å². The summed E-state index contributed by atoms with van der Waals surface area (Å²) in [6.07, 6.45) is 5.80. The van der Waals surface area contributed by atoms with E-state index in [-0.39, 0.29) is 12.0 Å². The molecule has 88 valence electrons. The summed E-state index contributed by atoms with van der Waals surface area (Å²) in [7, 11) is 1.60. The lowest BCUT2D eigenvalue weighted by Crippen LogP contribution is -2.30. The minimum Gasteiger partial charge on any atom is -0.387 e. The number of hydrogen-bond donors (Lipinski definition) is 1. The van der Waals surface area contributed by atoms with Gasteiger partial charge in [0.05, 0.1) is 6.10 Å². The van der Waals surface area contributed by atoms with Crippen LogP contribution < -0.4 is 0 Å². The van der Waals surface area contributed by atoms with Crippen molar-refractivity contribution in [3.05, 3.63) is 0 Å². The molecule has 4 atom stereocenters. The first-order valence-electron chi connectivity index (χ1n) is 6.10. The van der Waals surface area contributed by atoms with E-state index in [0.717, 1.165) is 0 Å². The number of aliphatic hydroxyl groups excluding tert-OH is 1. The molecule has 1 saturated heterocycles.